The maximum atomic E-state index is 12.7. The van der Waals surface area contributed by atoms with Crippen molar-refractivity contribution >= 4 is 11.6 Å². The number of benzene rings is 1. The maximum absolute atomic E-state index is 12.7. The van der Waals surface area contributed by atoms with Gasteiger partial charge < -0.3 is 24.4 Å². The number of aryl methyl sites for hydroxylation is 1. The summed E-state index contributed by atoms with van der Waals surface area (Å²) in [5.74, 6) is 1.57. The molecule has 9 nitrogen and oxygen atoms in total. The lowest BCUT2D eigenvalue weighted by molar-refractivity contribution is -0.118. The lowest BCUT2D eigenvalue weighted by Gasteiger charge is -2.21. The molecular weight excluding hydrogens is 388 g/mol. The minimum atomic E-state index is -0.330. The Kier molecular flexibility index (Phi) is 7.67. The third-order valence-electron chi connectivity index (χ3n) is 4.79. The number of para-hydroxylation sites is 2. The summed E-state index contributed by atoms with van der Waals surface area (Å²) in [5.41, 5.74) is 0.127. The molecule has 0 radical (unpaired) electrons. The molecule has 2 heterocycles. The van der Waals surface area contributed by atoms with Crippen LogP contribution in [0.1, 0.15) is 19.3 Å². The first kappa shape index (κ1) is 21.6. The Hall–Kier alpha value is -3.07. The molecule has 0 spiro atoms. The number of rotatable bonds is 9. The molecular formula is C21H28N4O5. The molecule has 3 rings (SSSR count). The van der Waals surface area contributed by atoms with E-state index in [0.717, 1.165) is 0 Å². The number of amides is 1. The van der Waals surface area contributed by atoms with Crippen LogP contribution in [0.5, 0.6) is 17.2 Å². The molecule has 30 heavy (non-hydrogen) atoms. The highest BCUT2D eigenvalue weighted by Gasteiger charge is 2.25. The quantitative estimate of drug-likeness (QED) is 0.617. The van der Waals surface area contributed by atoms with Crippen LogP contribution in [-0.2, 0) is 11.8 Å². The molecule has 2 aromatic rings. The molecule has 0 fully saturated rings. The first-order chi connectivity index (χ1) is 14.6. The van der Waals surface area contributed by atoms with Crippen molar-refractivity contribution in [3.05, 3.63) is 40.8 Å². The van der Waals surface area contributed by atoms with Gasteiger partial charge in [0.1, 0.15) is 12.3 Å². The van der Waals surface area contributed by atoms with E-state index in [0.29, 0.717) is 69.3 Å². The predicted molar refractivity (Wildman–Crippen MR) is 113 cm³/mol. The molecule has 0 bridgehead atoms. The van der Waals surface area contributed by atoms with Gasteiger partial charge in [0.2, 0.25) is 11.7 Å². The number of anilines is 1. The van der Waals surface area contributed by atoms with Gasteiger partial charge >= 0.3 is 5.56 Å². The Labute approximate surface area is 175 Å². The van der Waals surface area contributed by atoms with Gasteiger partial charge in [0.05, 0.1) is 19.9 Å². The second kappa shape index (κ2) is 10.6. The van der Waals surface area contributed by atoms with Crippen LogP contribution in [0.15, 0.2) is 35.3 Å². The van der Waals surface area contributed by atoms with Crippen molar-refractivity contribution in [1.82, 2.24) is 15.1 Å². The third-order valence-corrected chi connectivity index (χ3v) is 4.79. The Morgan fingerprint density at radius 2 is 2.07 bits per heavy atom. The van der Waals surface area contributed by atoms with Gasteiger partial charge in [0.25, 0.3) is 0 Å². The molecule has 1 aromatic carbocycles. The van der Waals surface area contributed by atoms with Gasteiger partial charge in [-0.15, -0.1) is 0 Å². The number of nitrogens with zero attached hydrogens (tertiary/aromatic N) is 3. The zero-order valence-electron chi connectivity index (χ0n) is 17.4. The summed E-state index contributed by atoms with van der Waals surface area (Å²) < 4.78 is 17.7. The van der Waals surface area contributed by atoms with E-state index in [1.165, 1.54) is 10.9 Å². The summed E-state index contributed by atoms with van der Waals surface area (Å²) in [6.07, 6.45) is 3.24. The van der Waals surface area contributed by atoms with Crippen LogP contribution in [0, 0.1) is 0 Å². The van der Waals surface area contributed by atoms with Crippen molar-refractivity contribution in [2.45, 2.75) is 19.3 Å². The first-order valence-corrected chi connectivity index (χ1v) is 10.1. The summed E-state index contributed by atoms with van der Waals surface area (Å²) in [6, 6.07) is 7.51. The Morgan fingerprint density at radius 1 is 1.27 bits per heavy atom. The predicted octanol–water partition coefficient (Wildman–Crippen LogP) is 1.35. The fourth-order valence-corrected chi connectivity index (χ4v) is 3.21. The molecule has 9 heteroatoms. The van der Waals surface area contributed by atoms with E-state index in [9.17, 15) is 9.59 Å². The van der Waals surface area contributed by atoms with Crippen LogP contribution in [0.2, 0.25) is 0 Å². The number of hydrogen-bond donors (Lipinski definition) is 1. The normalized spacial score (nSPS) is 13.2. The average molecular weight is 416 g/mol. The van der Waals surface area contributed by atoms with Crippen LogP contribution in [-0.4, -0.2) is 55.6 Å². The molecule has 0 saturated carbocycles. The Bertz CT molecular complexity index is 915. The number of carbonyl (C=O) groups is 1. The smallest absolute Gasteiger partial charge is 0.311 e. The first-order valence-electron chi connectivity index (χ1n) is 10.1. The molecule has 1 aliphatic rings. The van der Waals surface area contributed by atoms with Crippen LogP contribution < -0.4 is 30.0 Å². The van der Waals surface area contributed by atoms with Crippen molar-refractivity contribution in [2.24, 2.45) is 7.05 Å². The summed E-state index contributed by atoms with van der Waals surface area (Å²) in [7, 11) is 3.17. The maximum Gasteiger partial charge on any atom is 0.311 e. The second-order valence-corrected chi connectivity index (χ2v) is 6.89. The highest BCUT2D eigenvalue weighted by Crippen LogP contribution is 2.27. The molecule has 1 N–H and O–H groups in total. The minimum absolute atomic E-state index is 0.0381. The van der Waals surface area contributed by atoms with E-state index in [1.807, 2.05) is 24.3 Å². The number of methoxy groups -OCH3 is 1. The van der Waals surface area contributed by atoms with E-state index in [-0.39, 0.29) is 17.2 Å². The monoisotopic (exact) mass is 416 g/mol. The third kappa shape index (κ3) is 5.29. The fourth-order valence-electron chi connectivity index (χ4n) is 3.21. The van der Waals surface area contributed by atoms with Crippen LogP contribution >= 0.6 is 0 Å². The summed E-state index contributed by atoms with van der Waals surface area (Å²) in [4.78, 5) is 26.6. The molecule has 1 aromatic heterocycles. The van der Waals surface area contributed by atoms with Gasteiger partial charge in [-0.25, -0.2) is 4.68 Å². The molecule has 0 saturated heterocycles. The Balaban J connectivity index is 1.42. The molecule has 1 amide bonds. The molecule has 1 aliphatic heterocycles. The second-order valence-electron chi connectivity index (χ2n) is 6.89. The zero-order valence-corrected chi connectivity index (χ0v) is 17.4. The van der Waals surface area contributed by atoms with Crippen LogP contribution in [0.25, 0.3) is 0 Å². The van der Waals surface area contributed by atoms with Crippen LogP contribution in [0.4, 0.5) is 5.69 Å². The van der Waals surface area contributed by atoms with Gasteiger partial charge in [-0.3, -0.25) is 9.59 Å². The van der Waals surface area contributed by atoms with Crippen molar-refractivity contribution in [2.75, 3.05) is 44.9 Å². The van der Waals surface area contributed by atoms with E-state index in [4.69, 9.17) is 14.2 Å². The largest absolute Gasteiger partial charge is 0.493 e. The van der Waals surface area contributed by atoms with Crippen molar-refractivity contribution in [3.8, 4) is 17.2 Å². The summed E-state index contributed by atoms with van der Waals surface area (Å²) in [5, 5.41) is 7.30. The van der Waals surface area contributed by atoms with Crippen molar-refractivity contribution in [3.63, 3.8) is 0 Å². The lowest BCUT2D eigenvalue weighted by atomic mass is 10.2. The van der Waals surface area contributed by atoms with E-state index >= 15 is 0 Å². The summed E-state index contributed by atoms with van der Waals surface area (Å²) in [6.45, 7) is 2.77. The van der Waals surface area contributed by atoms with E-state index < -0.39 is 0 Å². The van der Waals surface area contributed by atoms with E-state index in [1.54, 1.807) is 19.1 Å². The SMILES string of the molecule is COc1ccccc1OCCNCCCC(=O)N1CCCOc2c1cnn(C)c2=O. The van der Waals surface area contributed by atoms with Gasteiger partial charge in [-0.1, -0.05) is 12.1 Å². The lowest BCUT2D eigenvalue weighted by Crippen LogP contribution is -2.33. The zero-order chi connectivity index (χ0) is 21.3. The molecule has 0 unspecified atom stereocenters. The standard InChI is InChI=1S/C21H28N4O5/c1-24-21(27)20-16(15-23-24)25(12-6-13-30-20)19(26)9-5-10-22-11-14-29-18-8-4-3-7-17(18)28-2/h3-4,7-8,15,22H,5-6,9-14H2,1-2H3. The number of aromatic nitrogens is 2. The van der Waals surface area contributed by atoms with Crippen molar-refractivity contribution in [1.29, 1.82) is 0 Å². The number of carbonyl (C=O) groups excluding carboxylic acids is 1. The number of fused-ring (bicyclic) bond motifs is 1. The molecule has 162 valence electrons. The molecule has 0 atom stereocenters. The van der Waals surface area contributed by atoms with Crippen molar-refractivity contribution < 1.29 is 19.0 Å². The number of hydrogen-bond acceptors (Lipinski definition) is 7. The minimum Gasteiger partial charge on any atom is -0.493 e. The average Bonchev–Trinajstić information content (AvgIpc) is 2.99. The van der Waals surface area contributed by atoms with E-state index in [2.05, 4.69) is 10.4 Å². The van der Waals surface area contributed by atoms with Gasteiger partial charge in [0.15, 0.2) is 11.5 Å². The highest BCUT2D eigenvalue weighted by atomic mass is 16.5. The fraction of sp³-hybridized carbons (Fsp3) is 0.476. The Morgan fingerprint density at radius 3 is 2.87 bits per heavy atom. The summed E-state index contributed by atoms with van der Waals surface area (Å²) >= 11 is 0. The van der Waals surface area contributed by atoms with Gasteiger partial charge in [-0.2, -0.15) is 5.10 Å². The number of ether oxygens (including phenoxy) is 3. The van der Waals surface area contributed by atoms with Crippen LogP contribution in [0.3, 0.4) is 0 Å². The molecule has 0 aliphatic carbocycles. The van der Waals surface area contributed by atoms with Gasteiger partial charge in [0, 0.05) is 26.6 Å². The number of nitrogens with one attached hydrogen (secondary N) is 1. The highest BCUT2D eigenvalue weighted by molar-refractivity contribution is 5.94. The topological polar surface area (TPSA) is 94.9 Å². The van der Waals surface area contributed by atoms with Gasteiger partial charge in [-0.05, 0) is 31.5 Å².